The van der Waals surface area contributed by atoms with E-state index in [-0.39, 0.29) is 11.6 Å². The molecule has 0 aliphatic rings. The van der Waals surface area contributed by atoms with Gasteiger partial charge < -0.3 is 27.1 Å². The fourth-order valence-electron chi connectivity index (χ4n) is 2.94. The summed E-state index contributed by atoms with van der Waals surface area (Å²) in [5.41, 5.74) is 13.8. The largest absolute Gasteiger partial charge is 0.370 e. The Morgan fingerprint density at radius 2 is 2.04 bits per heavy atom. The van der Waals surface area contributed by atoms with Crippen LogP contribution in [0.25, 0.3) is 16.7 Å². The zero-order valence-corrected chi connectivity index (χ0v) is 15.9. The van der Waals surface area contributed by atoms with Crippen LogP contribution in [0.4, 0.5) is 0 Å². The number of aliphatic imine (C=N–C) groups is 1. The van der Waals surface area contributed by atoms with Gasteiger partial charge in [0, 0.05) is 36.9 Å². The third kappa shape index (κ3) is 4.96. The van der Waals surface area contributed by atoms with Gasteiger partial charge in [-0.15, -0.1) is 0 Å². The number of H-pyrrole nitrogens is 1. The number of guanidine groups is 1. The van der Waals surface area contributed by atoms with Gasteiger partial charge in [-0.05, 0) is 43.8 Å². The van der Waals surface area contributed by atoms with Gasteiger partial charge in [0.2, 0.25) is 0 Å². The topological polar surface area (TPSA) is 139 Å². The summed E-state index contributed by atoms with van der Waals surface area (Å²) in [7, 11) is 1.87. The average molecular weight is 382 g/mol. The van der Waals surface area contributed by atoms with E-state index in [2.05, 4.69) is 25.6 Å². The van der Waals surface area contributed by atoms with Crippen LogP contribution in [0.5, 0.6) is 0 Å². The molecular weight excluding hydrogens is 356 g/mol. The third-order valence-corrected chi connectivity index (χ3v) is 4.28. The number of fused-ring (bicyclic) bond motifs is 1. The van der Waals surface area contributed by atoms with Crippen LogP contribution in [0.2, 0.25) is 0 Å². The molecule has 148 valence electrons. The molecule has 3 rings (SSSR count). The molecule has 0 atom stereocenters. The van der Waals surface area contributed by atoms with Gasteiger partial charge in [-0.1, -0.05) is 12.1 Å². The van der Waals surface area contributed by atoms with Crippen LogP contribution in [-0.2, 0) is 13.1 Å². The van der Waals surface area contributed by atoms with Gasteiger partial charge in [-0.25, -0.2) is 4.79 Å². The summed E-state index contributed by atoms with van der Waals surface area (Å²) in [4.78, 5) is 23.6. The standard InChI is InChI=1S/C19H26N8O/c1-22-11-15-9-14-12-27(19(28)26-17(14)25-15)16-5-3-13(4-6-16)10-23-7-2-8-24-18(20)21/h3-6,9,12,22-23H,2,7-8,10-11H2,1H3,(H4,20,21,24)(H,25,26,28). The summed E-state index contributed by atoms with van der Waals surface area (Å²) < 4.78 is 1.56. The molecule has 0 saturated heterocycles. The molecule has 9 heteroatoms. The molecule has 0 saturated carbocycles. The summed E-state index contributed by atoms with van der Waals surface area (Å²) in [6, 6.07) is 9.84. The van der Waals surface area contributed by atoms with Crippen LogP contribution in [-0.4, -0.2) is 40.6 Å². The molecule has 0 radical (unpaired) electrons. The van der Waals surface area contributed by atoms with E-state index in [4.69, 9.17) is 11.5 Å². The highest BCUT2D eigenvalue weighted by Gasteiger charge is 2.07. The molecule has 0 bridgehead atoms. The maximum atomic E-state index is 12.4. The van der Waals surface area contributed by atoms with Crippen LogP contribution in [0.15, 0.2) is 46.3 Å². The highest BCUT2D eigenvalue weighted by Crippen LogP contribution is 2.14. The first kappa shape index (κ1) is 19.6. The van der Waals surface area contributed by atoms with Gasteiger partial charge in [-0.2, -0.15) is 4.98 Å². The fourth-order valence-corrected chi connectivity index (χ4v) is 2.94. The van der Waals surface area contributed by atoms with E-state index in [0.29, 0.717) is 18.7 Å². The zero-order valence-electron chi connectivity index (χ0n) is 15.9. The van der Waals surface area contributed by atoms with Crippen molar-refractivity contribution in [2.45, 2.75) is 19.5 Å². The van der Waals surface area contributed by atoms with E-state index >= 15 is 0 Å². The predicted octanol–water partition coefficient (Wildman–Crippen LogP) is 0.186. The molecule has 0 aliphatic carbocycles. The average Bonchev–Trinajstić information content (AvgIpc) is 3.05. The van der Waals surface area contributed by atoms with Gasteiger partial charge in [0.15, 0.2) is 5.96 Å². The Kier molecular flexibility index (Phi) is 6.41. The highest BCUT2D eigenvalue weighted by atomic mass is 16.1. The zero-order chi connectivity index (χ0) is 19.9. The lowest BCUT2D eigenvalue weighted by Crippen LogP contribution is -2.23. The van der Waals surface area contributed by atoms with E-state index in [1.165, 1.54) is 0 Å². The van der Waals surface area contributed by atoms with Crippen LogP contribution in [0.3, 0.4) is 0 Å². The van der Waals surface area contributed by atoms with E-state index in [0.717, 1.165) is 41.8 Å². The third-order valence-electron chi connectivity index (χ3n) is 4.28. The van der Waals surface area contributed by atoms with Crippen LogP contribution in [0, 0.1) is 0 Å². The van der Waals surface area contributed by atoms with Crippen molar-refractivity contribution in [1.29, 1.82) is 0 Å². The van der Waals surface area contributed by atoms with Gasteiger partial charge in [0.25, 0.3) is 0 Å². The fraction of sp³-hybridized carbons (Fsp3) is 0.316. The Hall–Kier alpha value is -3.17. The maximum Gasteiger partial charge on any atom is 0.354 e. The Morgan fingerprint density at radius 3 is 2.75 bits per heavy atom. The molecule has 28 heavy (non-hydrogen) atoms. The van der Waals surface area contributed by atoms with Crippen LogP contribution in [0.1, 0.15) is 17.7 Å². The number of nitrogens with two attached hydrogens (primary N) is 2. The van der Waals surface area contributed by atoms with Gasteiger partial charge >= 0.3 is 5.69 Å². The van der Waals surface area contributed by atoms with Gasteiger partial charge in [-0.3, -0.25) is 9.56 Å². The number of benzene rings is 1. The Balaban J connectivity index is 1.65. The van der Waals surface area contributed by atoms with Crippen molar-refractivity contribution in [3.63, 3.8) is 0 Å². The lowest BCUT2D eigenvalue weighted by atomic mass is 10.2. The minimum Gasteiger partial charge on any atom is -0.370 e. The minimum absolute atomic E-state index is 0.122. The predicted molar refractivity (Wildman–Crippen MR) is 111 cm³/mol. The molecule has 0 unspecified atom stereocenters. The van der Waals surface area contributed by atoms with Crippen molar-refractivity contribution in [1.82, 2.24) is 25.2 Å². The summed E-state index contributed by atoms with van der Waals surface area (Å²) in [6.45, 7) is 2.86. The molecule has 0 fully saturated rings. The molecule has 3 aromatic rings. The highest BCUT2D eigenvalue weighted by molar-refractivity contribution is 5.76. The summed E-state index contributed by atoms with van der Waals surface area (Å²) >= 11 is 0. The number of nitrogens with one attached hydrogen (secondary N) is 3. The second kappa shape index (κ2) is 9.16. The van der Waals surface area contributed by atoms with Crippen molar-refractivity contribution in [3.05, 3.63) is 58.3 Å². The van der Waals surface area contributed by atoms with Crippen molar-refractivity contribution in [3.8, 4) is 5.69 Å². The SMILES string of the molecule is CNCc1cc2cn(-c3ccc(CNCCCN=C(N)N)cc3)c(=O)nc2[nH]1. The van der Waals surface area contributed by atoms with E-state index in [1.807, 2.05) is 43.6 Å². The first-order valence-corrected chi connectivity index (χ1v) is 9.18. The smallest absolute Gasteiger partial charge is 0.354 e. The van der Waals surface area contributed by atoms with E-state index < -0.39 is 0 Å². The number of hydrogen-bond donors (Lipinski definition) is 5. The Bertz CT molecular complexity index is 999. The summed E-state index contributed by atoms with van der Waals surface area (Å²) in [6.07, 6.45) is 2.68. The number of aromatic amines is 1. The first-order chi connectivity index (χ1) is 13.6. The Labute approximate surface area is 162 Å². The lowest BCUT2D eigenvalue weighted by Gasteiger charge is -2.08. The summed E-state index contributed by atoms with van der Waals surface area (Å²) in [5.74, 6) is 0.122. The second-order valence-electron chi connectivity index (χ2n) is 6.53. The number of hydrogen-bond acceptors (Lipinski definition) is 5. The maximum absolute atomic E-state index is 12.4. The van der Waals surface area contributed by atoms with E-state index in [9.17, 15) is 4.79 Å². The van der Waals surface area contributed by atoms with Crippen LogP contribution >= 0.6 is 0 Å². The van der Waals surface area contributed by atoms with Gasteiger partial charge in [0.1, 0.15) is 5.65 Å². The first-order valence-electron chi connectivity index (χ1n) is 9.18. The minimum atomic E-state index is -0.309. The molecule has 7 N–H and O–H groups in total. The molecule has 1 aromatic carbocycles. The van der Waals surface area contributed by atoms with E-state index in [1.54, 1.807) is 4.57 Å². The van der Waals surface area contributed by atoms with Crippen molar-refractivity contribution in [2.24, 2.45) is 16.5 Å². The van der Waals surface area contributed by atoms with Crippen molar-refractivity contribution < 1.29 is 0 Å². The van der Waals surface area contributed by atoms with Crippen molar-refractivity contribution >= 4 is 17.0 Å². The van der Waals surface area contributed by atoms with Crippen LogP contribution < -0.4 is 27.8 Å². The molecular formula is C19H26N8O. The lowest BCUT2D eigenvalue weighted by molar-refractivity contribution is 0.655. The quantitative estimate of drug-likeness (QED) is 0.203. The Morgan fingerprint density at radius 1 is 1.25 bits per heavy atom. The monoisotopic (exact) mass is 382 g/mol. The van der Waals surface area contributed by atoms with Crippen molar-refractivity contribution in [2.75, 3.05) is 20.1 Å². The molecule has 0 amide bonds. The van der Waals surface area contributed by atoms with Gasteiger partial charge in [0.05, 0.1) is 5.69 Å². The molecule has 9 nitrogen and oxygen atoms in total. The second-order valence-corrected chi connectivity index (χ2v) is 6.53. The summed E-state index contributed by atoms with van der Waals surface area (Å²) in [5, 5.41) is 7.32. The molecule has 2 heterocycles. The number of aromatic nitrogens is 3. The normalized spacial score (nSPS) is 11.0. The molecule has 0 aliphatic heterocycles. The number of rotatable bonds is 9. The number of nitrogens with zero attached hydrogens (tertiary/aromatic N) is 3. The molecule has 0 spiro atoms. The molecule has 2 aromatic heterocycles.